The summed E-state index contributed by atoms with van der Waals surface area (Å²) in [7, 11) is 0. The lowest BCUT2D eigenvalue weighted by Crippen LogP contribution is -2.42. The molecule has 2 fully saturated rings. The Bertz CT molecular complexity index is 763. The van der Waals surface area contributed by atoms with Crippen LogP contribution < -0.4 is 0 Å². The molecule has 0 bridgehead atoms. The lowest BCUT2D eigenvalue weighted by molar-refractivity contribution is -0.142. The van der Waals surface area contributed by atoms with Crippen LogP contribution in [0.4, 0.5) is 0 Å². The largest absolute Gasteiger partial charge is 0.466 e. The zero-order valence-electron chi connectivity index (χ0n) is 21.7. The van der Waals surface area contributed by atoms with Crippen molar-refractivity contribution in [2.75, 3.05) is 6.61 Å². The van der Waals surface area contributed by atoms with E-state index in [1.54, 1.807) is 5.57 Å². The number of esters is 1. The van der Waals surface area contributed by atoms with E-state index in [0.717, 1.165) is 23.7 Å². The summed E-state index contributed by atoms with van der Waals surface area (Å²) in [6, 6.07) is 0. The van der Waals surface area contributed by atoms with Gasteiger partial charge in [-0.05, 0) is 90.4 Å². The van der Waals surface area contributed by atoms with Gasteiger partial charge in [0.2, 0.25) is 0 Å². The summed E-state index contributed by atoms with van der Waals surface area (Å²) in [4.78, 5) is 11.1. The van der Waals surface area contributed by atoms with E-state index in [0.29, 0.717) is 29.3 Å². The van der Waals surface area contributed by atoms with Crippen molar-refractivity contribution in [2.45, 2.75) is 106 Å². The highest BCUT2D eigenvalue weighted by atomic mass is 16.5. The van der Waals surface area contributed by atoms with E-state index < -0.39 is 0 Å². The van der Waals surface area contributed by atoms with Gasteiger partial charge < -0.3 is 4.74 Å². The normalized spacial score (nSPS) is 39.0. The van der Waals surface area contributed by atoms with Crippen LogP contribution in [0.5, 0.6) is 0 Å². The lowest BCUT2D eigenvalue weighted by atomic mass is 9.52. The second-order valence-electron chi connectivity index (χ2n) is 12.6. The molecule has 0 aromatic rings. The quantitative estimate of drug-likeness (QED) is 0.373. The maximum Gasteiger partial charge on any atom is 0.302 e. The summed E-state index contributed by atoms with van der Waals surface area (Å²) in [5.74, 6) is 4.10. The molecule has 0 spiro atoms. The molecule has 180 valence electrons. The molecule has 4 aliphatic carbocycles. The summed E-state index contributed by atoms with van der Waals surface area (Å²) in [6.45, 7) is 14.4. The van der Waals surface area contributed by atoms with Gasteiger partial charge in [-0.3, -0.25) is 4.79 Å². The second kappa shape index (κ2) is 9.30. The van der Waals surface area contributed by atoms with Gasteiger partial charge in [0.25, 0.3) is 0 Å². The predicted molar refractivity (Wildman–Crippen MR) is 133 cm³/mol. The van der Waals surface area contributed by atoms with Gasteiger partial charge in [0.05, 0.1) is 6.61 Å². The Morgan fingerprint density at radius 1 is 1.06 bits per heavy atom. The average molecular weight is 441 g/mol. The number of hydrogen-bond donors (Lipinski definition) is 0. The fraction of sp³-hybridized carbons (Fsp3) is 0.833. The molecule has 4 aliphatic rings. The van der Waals surface area contributed by atoms with Crippen LogP contribution in [0.3, 0.4) is 0 Å². The van der Waals surface area contributed by atoms with Gasteiger partial charge in [0, 0.05) is 6.92 Å². The van der Waals surface area contributed by atoms with Crippen molar-refractivity contribution in [1.29, 1.82) is 0 Å². The van der Waals surface area contributed by atoms with Gasteiger partial charge in [-0.1, -0.05) is 78.0 Å². The molecule has 4 rings (SSSR count). The second-order valence-corrected chi connectivity index (χ2v) is 12.6. The first-order chi connectivity index (χ1) is 15.2. The maximum absolute atomic E-state index is 11.1. The zero-order valence-corrected chi connectivity index (χ0v) is 21.7. The van der Waals surface area contributed by atoms with Crippen LogP contribution >= 0.6 is 0 Å². The van der Waals surface area contributed by atoms with E-state index in [-0.39, 0.29) is 5.97 Å². The molecular formula is C30H48O2. The van der Waals surface area contributed by atoms with Crippen molar-refractivity contribution in [2.24, 2.45) is 46.3 Å². The SMILES string of the molecule is CC(=O)OCC(C)[C@@H](C)CC[C@@H](C)[C@H]1CC[C@H]2C3=C(CC[C@]12C)[C@@]1(C)CCCCC1C=C3. The minimum atomic E-state index is -0.154. The molecule has 2 nitrogen and oxygen atoms in total. The number of rotatable bonds is 7. The van der Waals surface area contributed by atoms with E-state index >= 15 is 0 Å². The van der Waals surface area contributed by atoms with E-state index in [1.165, 1.54) is 71.1 Å². The minimum Gasteiger partial charge on any atom is -0.466 e. The Morgan fingerprint density at radius 3 is 2.59 bits per heavy atom. The van der Waals surface area contributed by atoms with Gasteiger partial charge in [0.1, 0.15) is 0 Å². The number of allylic oxidation sites excluding steroid dienone is 4. The smallest absolute Gasteiger partial charge is 0.302 e. The maximum atomic E-state index is 11.1. The van der Waals surface area contributed by atoms with Crippen molar-refractivity contribution in [3.63, 3.8) is 0 Å². The molecule has 0 aromatic carbocycles. The highest BCUT2D eigenvalue weighted by Crippen LogP contribution is 2.64. The number of fused-ring (bicyclic) bond motifs is 4. The summed E-state index contributed by atoms with van der Waals surface area (Å²) in [5, 5.41) is 0. The van der Waals surface area contributed by atoms with Crippen molar-refractivity contribution >= 4 is 5.97 Å². The van der Waals surface area contributed by atoms with E-state index in [4.69, 9.17) is 4.74 Å². The van der Waals surface area contributed by atoms with Gasteiger partial charge in [-0.2, -0.15) is 0 Å². The molecule has 2 unspecified atom stereocenters. The summed E-state index contributed by atoms with van der Waals surface area (Å²) >= 11 is 0. The molecule has 0 heterocycles. The van der Waals surface area contributed by atoms with Crippen molar-refractivity contribution < 1.29 is 9.53 Å². The van der Waals surface area contributed by atoms with Crippen molar-refractivity contribution in [3.05, 3.63) is 23.3 Å². The van der Waals surface area contributed by atoms with Crippen LogP contribution in [0.15, 0.2) is 23.3 Å². The standard InChI is InChI=1S/C30H48O2/c1-20(22(3)19-32-23(4)31)10-11-21(2)26-14-15-27-25-13-12-24-9-7-8-17-29(24,5)28(25)16-18-30(26,27)6/h12-13,20-22,24,26-27H,7-11,14-19H2,1-6H3/t20-,21+,22?,24?,26+,27-,29-,30+/m0/s1. The molecule has 0 radical (unpaired) electrons. The third kappa shape index (κ3) is 4.25. The van der Waals surface area contributed by atoms with Crippen molar-refractivity contribution in [1.82, 2.24) is 0 Å². The Hall–Kier alpha value is -1.05. The van der Waals surface area contributed by atoms with Gasteiger partial charge in [-0.25, -0.2) is 0 Å². The van der Waals surface area contributed by atoms with Crippen LogP contribution in [0.25, 0.3) is 0 Å². The van der Waals surface area contributed by atoms with E-state index in [1.807, 2.05) is 5.57 Å². The monoisotopic (exact) mass is 440 g/mol. The fourth-order valence-electron chi connectivity index (χ4n) is 8.34. The number of ether oxygens (including phenoxy) is 1. The molecular weight excluding hydrogens is 392 g/mol. The first kappa shape index (κ1) is 24.1. The Balaban J connectivity index is 1.41. The van der Waals surface area contributed by atoms with Gasteiger partial charge in [-0.15, -0.1) is 0 Å². The zero-order chi connectivity index (χ0) is 23.1. The van der Waals surface area contributed by atoms with Crippen LogP contribution in [0, 0.1) is 46.3 Å². The fourth-order valence-corrected chi connectivity index (χ4v) is 8.34. The molecule has 8 atom stereocenters. The lowest BCUT2D eigenvalue weighted by Gasteiger charge is -2.52. The highest BCUT2D eigenvalue weighted by Gasteiger charge is 2.54. The Morgan fingerprint density at radius 2 is 1.84 bits per heavy atom. The number of carbonyl (C=O) groups excluding carboxylic acids is 1. The van der Waals surface area contributed by atoms with Crippen LogP contribution in [0.1, 0.15) is 106 Å². The first-order valence-electron chi connectivity index (χ1n) is 13.7. The van der Waals surface area contributed by atoms with E-state index in [2.05, 4.69) is 46.8 Å². The van der Waals surface area contributed by atoms with Crippen LogP contribution in [0.2, 0.25) is 0 Å². The average Bonchev–Trinajstić information content (AvgIpc) is 3.12. The minimum absolute atomic E-state index is 0.154. The van der Waals surface area contributed by atoms with Gasteiger partial charge in [0.15, 0.2) is 0 Å². The van der Waals surface area contributed by atoms with Crippen molar-refractivity contribution in [3.8, 4) is 0 Å². The van der Waals surface area contributed by atoms with Crippen LogP contribution in [-0.4, -0.2) is 12.6 Å². The molecule has 0 aliphatic heterocycles. The third-order valence-electron chi connectivity index (χ3n) is 10.8. The molecule has 0 amide bonds. The molecule has 2 saturated carbocycles. The molecule has 32 heavy (non-hydrogen) atoms. The number of carbonyl (C=O) groups is 1. The van der Waals surface area contributed by atoms with Crippen LogP contribution in [-0.2, 0) is 9.53 Å². The highest BCUT2D eigenvalue weighted by molar-refractivity contribution is 5.65. The topological polar surface area (TPSA) is 26.3 Å². The first-order valence-corrected chi connectivity index (χ1v) is 13.7. The Labute approximate surface area is 197 Å². The Kier molecular flexibility index (Phi) is 7.00. The third-order valence-corrected chi connectivity index (χ3v) is 10.8. The predicted octanol–water partition coefficient (Wildman–Crippen LogP) is 8.13. The summed E-state index contributed by atoms with van der Waals surface area (Å²) in [5.41, 5.74) is 4.58. The van der Waals surface area contributed by atoms with E-state index in [9.17, 15) is 4.79 Å². The molecule has 0 aromatic heterocycles. The van der Waals surface area contributed by atoms with Gasteiger partial charge >= 0.3 is 5.97 Å². The molecule has 0 saturated heterocycles. The number of hydrogen-bond acceptors (Lipinski definition) is 2. The molecule has 2 heteroatoms. The summed E-state index contributed by atoms with van der Waals surface area (Å²) in [6.07, 6.45) is 19.0. The molecule has 0 N–H and O–H groups in total. The summed E-state index contributed by atoms with van der Waals surface area (Å²) < 4.78 is 5.26.